The summed E-state index contributed by atoms with van der Waals surface area (Å²) in [7, 11) is 1.92. The van der Waals surface area contributed by atoms with Crippen molar-refractivity contribution in [3.63, 3.8) is 0 Å². The van der Waals surface area contributed by atoms with Crippen LogP contribution in [0.4, 0.5) is 4.39 Å². The normalized spacial score (nSPS) is 13.2. The Kier molecular flexibility index (Phi) is 4.48. The predicted octanol–water partition coefficient (Wildman–Crippen LogP) is 4.74. The summed E-state index contributed by atoms with van der Waals surface area (Å²) in [5, 5.41) is 3.33. The fraction of sp³-hybridized carbons (Fsp3) is 0.368. The number of hydrogen-bond donors (Lipinski definition) is 1. The molecule has 1 N–H and O–H groups in total. The van der Waals surface area contributed by atoms with E-state index in [1.807, 2.05) is 25.2 Å². The van der Waals surface area contributed by atoms with E-state index in [9.17, 15) is 4.39 Å². The molecular formula is C19H24FN. The number of aryl methyl sites for hydroxylation is 1. The van der Waals surface area contributed by atoms with Crippen molar-refractivity contribution in [1.29, 1.82) is 0 Å². The Morgan fingerprint density at radius 2 is 1.71 bits per heavy atom. The molecule has 1 atom stereocenters. The number of rotatable bonds is 3. The lowest BCUT2D eigenvalue weighted by Crippen LogP contribution is -2.23. The molecule has 1 nitrogen and oxygen atoms in total. The van der Waals surface area contributed by atoms with Crippen LogP contribution in [0.5, 0.6) is 0 Å². The van der Waals surface area contributed by atoms with Gasteiger partial charge in [-0.05, 0) is 47.7 Å². The van der Waals surface area contributed by atoms with Crippen molar-refractivity contribution in [3.05, 3.63) is 70.5 Å². The second-order valence-corrected chi connectivity index (χ2v) is 6.57. The van der Waals surface area contributed by atoms with E-state index in [1.165, 1.54) is 11.1 Å². The summed E-state index contributed by atoms with van der Waals surface area (Å²) >= 11 is 0. The first-order chi connectivity index (χ1) is 9.84. The van der Waals surface area contributed by atoms with Gasteiger partial charge < -0.3 is 5.32 Å². The highest BCUT2D eigenvalue weighted by atomic mass is 19.1. The van der Waals surface area contributed by atoms with Gasteiger partial charge in [-0.15, -0.1) is 0 Å². The lowest BCUT2D eigenvalue weighted by atomic mass is 9.80. The summed E-state index contributed by atoms with van der Waals surface area (Å²) < 4.78 is 13.9. The molecule has 0 aromatic heterocycles. The molecule has 2 aromatic carbocycles. The maximum absolute atomic E-state index is 13.9. The third kappa shape index (κ3) is 3.33. The highest BCUT2D eigenvalue weighted by Crippen LogP contribution is 2.32. The van der Waals surface area contributed by atoms with Gasteiger partial charge in [-0.25, -0.2) is 4.39 Å². The molecule has 0 heterocycles. The van der Waals surface area contributed by atoms with Crippen LogP contribution in [0.1, 0.15) is 49.1 Å². The summed E-state index contributed by atoms with van der Waals surface area (Å²) in [5.74, 6) is -0.152. The zero-order valence-electron chi connectivity index (χ0n) is 13.5. The Morgan fingerprint density at radius 1 is 1.05 bits per heavy atom. The second-order valence-electron chi connectivity index (χ2n) is 6.57. The SMILES string of the molecule is CNC(c1ccc(C)c(F)c1)c1ccccc1C(C)(C)C. The largest absolute Gasteiger partial charge is 0.309 e. The second kappa shape index (κ2) is 5.98. The van der Waals surface area contributed by atoms with E-state index < -0.39 is 0 Å². The van der Waals surface area contributed by atoms with Gasteiger partial charge in [-0.2, -0.15) is 0 Å². The van der Waals surface area contributed by atoms with Crippen molar-refractivity contribution >= 4 is 0 Å². The molecule has 21 heavy (non-hydrogen) atoms. The molecule has 0 aliphatic rings. The molecule has 2 rings (SSSR count). The van der Waals surface area contributed by atoms with E-state index in [0.29, 0.717) is 5.56 Å². The van der Waals surface area contributed by atoms with Crippen LogP contribution in [0, 0.1) is 12.7 Å². The quantitative estimate of drug-likeness (QED) is 0.859. The van der Waals surface area contributed by atoms with Crippen LogP contribution in [0.25, 0.3) is 0 Å². The standard InChI is InChI=1S/C19H24FN/c1-13-10-11-14(12-17(13)20)18(21-5)15-8-6-7-9-16(15)19(2,3)4/h6-12,18,21H,1-5H3. The van der Waals surface area contributed by atoms with Gasteiger partial charge >= 0.3 is 0 Å². The van der Waals surface area contributed by atoms with Gasteiger partial charge in [0.25, 0.3) is 0 Å². The maximum Gasteiger partial charge on any atom is 0.126 e. The topological polar surface area (TPSA) is 12.0 Å². The molecule has 1 unspecified atom stereocenters. The van der Waals surface area contributed by atoms with Crippen molar-refractivity contribution in [3.8, 4) is 0 Å². The summed E-state index contributed by atoms with van der Waals surface area (Å²) in [6.45, 7) is 8.40. The van der Waals surface area contributed by atoms with Gasteiger partial charge in [0.1, 0.15) is 5.82 Å². The smallest absolute Gasteiger partial charge is 0.126 e. The molecule has 0 fully saturated rings. The highest BCUT2D eigenvalue weighted by Gasteiger charge is 2.23. The monoisotopic (exact) mass is 285 g/mol. The third-order valence-corrected chi connectivity index (χ3v) is 3.90. The van der Waals surface area contributed by atoms with Gasteiger partial charge in [0.2, 0.25) is 0 Å². The summed E-state index contributed by atoms with van der Waals surface area (Å²) in [4.78, 5) is 0. The third-order valence-electron chi connectivity index (χ3n) is 3.90. The first-order valence-electron chi connectivity index (χ1n) is 7.37. The van der Waals surface area contributed by atoms with E-state index in [1.54, 1.807) is 13.0 Å². The van der Waals surface area contributed by atoms with E-state index >= 15 is 0 Å². The van der Waals surface area contributed by atoms with Gasteiger partial charge in [0.05, 0.1) is 6.04 Å². The average Bonchev–Trinajstić information content (AvgIpc) is 2.43. The van der Waals surface area contributed by atoms with Crippen LogP contribution < -0.4 is 5.32 Å². The van der Waals surface area contributed by atoms with Crippen LogP contribution in [0.15, 0.2) is 42.5 Å². The zero-order chi connectivity index (χ0) is 15.6. The average molecular weight is 285 g/mol. The molecule has 112 valence electrons. The van der Waals surface area contributed by atoms with E-state index in [-0.39, 0.29) is 17.3 Å². The summed E-state index contributed by atoms with van der Waals surface area (Å²) in [6, 6.07) is 13.9. The molecule has 0 saturated carbocycles. The Morgan fingerprint density at radius 3 is 2.29 bits per heavy atom. The lowest BCUT2D eigenvalue weighted by molar-refractivity contribution is 0.564. The Balaban J connectivity index is 2.54. The minimum Gasteiger partial charge on any atom is -0.309 e. The minimum absolute atomic E-state index is 0.00414. The summed E-state index contributed by atoms with van der Waals surface area (Å²) in [6.07, 6.45) is 0. The fourth-order valence-corrected chi connectivity index (χ4v) is 2.72. The molecule has 0 aliphatic heterocycles. The van der Waals surface area contributed by atoms with Crippen molar-refractivity contribution in [2.75, 3.05) is 7.05 Å². The molecule has 0 spiro atoms. The van der Waals surface area contributed by atoms with Crippen LogP contribution in [0.3, 0.4) is 0 Å². The Labute approximate surface area is 127 Å². The number of halogens is 1. The van der Waals surface area contributed by atoms with Crippen LogP contribution in [0.2, 0.25) is 0 Å². The van der Waals surface area contributed by atoms with E-state index in [2.05, 4.69) is 44.3 Å². The molecule has 0 amide bonds. The zero-order valence-corrected chi connectivity index (χ0v) is 13.5. The van der Waals surface area contributed by atoms with Crippen molar-refractivity contribution in [2.24, 2.45) is 0 Å². The molecule has 0 aliphatic carbocycles. The highest BCUT2D eigenvalue weighted by molar-refractivity contribution is 5.41. The minimum atomic E-state index is -0.152. The van der Waals surface area contributed by atoms with Crippen LogP contribution in [-0.2, 0) is 5.41 Å². The van der Waals surface area contributed by atoms with Gasteiger partial charge in [0.15, 0.2) is 0 Å². The molecule has 0 bridgehead atoms. The van der Waals surface area contributed by atoms with Crippen LogP contribution in [-0.4, -0.2) is 7.05 Å². The number of nitrogens with one attached hydrogen (secondary N) is 1. The Bertz CT molecular complexity index is 626. The molecule has 2 aromatic rings. The predicted molar refractivity (Wildman–Crippen MR) is 87.2 cm³/mol. The molecular weight excluding hydrogens is 261 g/mol. The van der Waals surface area contributed by atoms with Crippen molar-refractivity contribution in [1.82, 2.24) is 5.32 Å². The molecule has 0 saturated heterocycles. The van der Waals surface area contributed by atoms with Crippen molar-refractivity contribution in [2.45, 2.75) is 39.2 Å². The Hall–Kier alpha value is -1.67. The number of benzene rings is 2. The maximum atomic E-state index is 13.9. The van der Waals surface area contributed by atoms with Gasteiger partial charge in [-0.1, -0.05) is 57.2 Å². The number of hydrogen-bond acceptors (Lipinski definition) is 1. The fourth-order valence-electron chi connectivity index (χ4n) is 2.72. The van der Waals surface area contributed by atoms with Crippen molar-refractivity contribution < 1.29 is 4.39 Å². The van der Waals surface area contributed by atoms with Crippen LogP contribution >= 0.6 is 0 Å². The molecule has 0 radical (unpaired) electrons. The van der Waals surface area contributed by atoms with E-state index in [4.69, 9.17) is 0 Å². The first-order valence-corrected chi connectivity index (χ1v) is 7.37. The lowest BCUT2D eigenvalue weighted by Gasteiger charge is -2.28. The van der Waals surface area contributed by atoms with Gasteiger partial charge in [0, 0.05) is 0 Å². The summed E-state index contributed by atoms with van der Waals surface area (Å²) in [5.41, 5.74) is 4.17. The van der Waals surface area contributed by atoms with Gasteiger partial charge in [-0.3, -0.25) is 0 Å². The van der Waals surface area contributed by atoms with E-state index in [0.717, 1.165) is 5.56 Å². The first kappa shape index (κ1) is 15.7. The molecule has 2 heteroatoms.